The molecule has 0 unspecified atom stereocenters. The van der Waals surface area contributed by atoms with Gasteiger partial charge >= 0.3 is 0 Å². The first kappa shape index (κ1) is 16.6. The van der Waals surface area contributed by atoms with Gasteiger partial charge in [-0.3, -0.25) is 0 Å². The summed E-state index contributed by atoms with van der Waals surface area (Å²) in [6.45, 7) is 0. The minimum atomic E-state index is 0.476. The molecule has 0 atom stereocenters. The molecule has 0 radical (unpaired) electrons. The maximum absolute atomic E-state index is 6.35. The SMILES string of the molecule is COc1ccc(Nc2ccn3ncc(-c4cccc(Cl)c4Cl)c3n2)cn1. The molecule has 0 fully saturated rings. The minimum Gasteiger partial charge on any atom is -0.481 e. The average molecular weight is 386 g/mol. The van der Waals surface area contributed by atoms with Gasteiger partial charge in [-0.25, -0.2) is 14.5 Å². The zero-order chi connectivity index (χ0) is 18.1. The molecule has 3 aromatic heterocycles. The van der Waals surface area contributed by atoms with E-state index in [1.165, 1.54) is 0 Å². The van der Waals surface area contributed by atoms with Crippen molar-refractivity contribution < 1.29 is 4.74 Å². The monoisotopic (exact) mass is 385 g/mol. The van der Waals surface area contributed by atoms with Crippen molar-refractivity contribution in [3.05, 3.63) is 65.0 Å². The third kappa shape index (κ3) is 3.05. The summed E-state index contributed by atoms with van der Waals surface area (Å²) in [5, 5.41) is 8.51. The van der Waals surface area contributed by atoms with Gasteiger partial charge in [-0.15, -0.1) is 0 Å². The molecule has 130 valence electrons. The molecule has 0 saturated carbocycles. The lowest BCUT2D eigenvalue weighted by molar-refractivity contribution is 0.398. The Balaban J connectivity index is 1.73. The van der Waals surface area contributed by atoms with Crippen molar-refractivity contribution >= 4 is 40.4 Å². The van der Waals surface area contributed by atoms with Gasteiger partial charge in [0.2, 0.25) is 5.88 Å². The van der Waals surface area contributed by atoms with Gasteiger partial charge in [0.05, 0.1) is 35.2 Å². The number of hydrogen-bond acceptors (Lipinski definition) is 5. The Labute approximate surface area is 159 Å². The summed E-state index contributed by atoms with van der Waals surface area (Å²) in [5.41, 5.74) is 3.05. The second-order valence-electron chi connectivity index (χ2n) is 5.45. The normalized spacial score (nSPS) is 10.9. The van der Waals surface area contributed by atoms with Crippen LogP contribution in [0.4, 0.5) is 11.5 Å². The average Bonchev–Trinajstić information content (AvgIpc) is 3.08. The van der Waals surface area contributed by atoms with Crippen LogP contribution in [0.2, 0.25) is 10.0 Å². The first-order valence-electron chi connectivity index (χ1n) is 7.71. The van der Waals surface area contributed by atoms with E-state index in [9.17, 15) is 0 Å². The number of hydrogen-bond donors (Lipinski definition) is 1. The quantitative estimate of drug-likeness (QED) is 0.543. The maximum Gasteiger partial charge on any atom is 0.213 e. The molecule has 0 amide bonds. The van der Waals surface area contributed by atoms with Crippen molar-refractivity contribution in [3.8, 4) is 17.0 Å². The molecule has 1 N–H and O–H groups in total. The highest BCUT2D eigenvalue weighted by Crippen LogP contribution is 2.35. The number of methoxy groups -OCH3 is 1. The van der Waals surface area contributed by atoms with Crippen molar-refractivity contribution in [1.82, 2.24) is 19.6 Å². The van der Waals surface area contributed by atoms with Crippen molar-refractivity contribution in [1.29, 1.82) is 0 Å². The molecule has 4 aromatic rings. The molecule has 0 aliphatic carbocycles. The van der Waals surface area contributed by atoms with Crippen molar-refractivity contribution in [3.63, 3.8) is 0 Å². The number of halogens is 2. The lowest BCUT2D eigenvalue weighted by atomic mass is 10.1. The molecule has 6 nitrogen and oxygen atoms in total. The van der Waals surface area contributed by atoms with E-state index in [0.717, 1.165) is 16.8 Å². The lowest BCUT2D eigenvalue weighted by Crippen LogP contribution is -1.98. The molecule has 4 rings (SSSR count). The highest BCUT2D eigenvalue weighted by molar-refractivity contribution is 6.43. The maximum atomic E-state index is 6.35. The van der Waals surface area contributed by atoms with Gasteiger partial charge < -0.3 is 10.1 Å². The van der Waals surface area contributed by atoms with Crippen LogP contribution in [0.15, 0.2) is 55.0 Å². The number of aromatic nitrogens is 4. The fraction of sp³-hybridized carbons (Fsp3) is 0.0556. The molecular weight excluding hydrogens is 373 g/mol. The molecule has 0 aliphatic rings. The van der Waals surface area contributed by atoms with Gasteiger partial charge in [0.1, 0.15) is 5.82 Å². The first-order valence-corrected chi connectivity index (χ1v) is 8.47. The molecule has 0 spiro atoms. The fourth-order valence-electron chi connectivity index (χ4n) is 2.56. The Bertz CT molecular complexity index is 1080. The smallest absolute Gasteiger partial charge is 0.213 e. The van der Waals surface area contributed by atoms with Crippen LogP contribution >= 0.6 is 23.2 Å². The largest absolute Gasteiger partial charge is 0.481 e. The highest BCUT2D eigenvalue weighted by atomic mass is 35.5. The molecule has 0 saturated heterocycles. The van der Waals surface area contributed by atoms with Crippen LogP contribution in [0.3, 0.4) is 0 Å². The fourth-order valence-corrected chi connectivity index (χ4v) is 2.97. The van der Waals surface area contributed by atoms with Crippen LogP contribution in [0, 0.1) is 0 Å². The van der Waals surface area contributed by atoms with Gasteiger partial charge in [-0.1, -0.05) is 35.3 Å². The molecule has 26 heavy (non-hydrogen) atoms. The Morgan fingerprint density at radius 2 is 1.92 bits per heavy atom. The molecular formula is C18H13Cl2N5O. The number of anilines is 2. The summed E-state index contributed by atoms with van der Waals surface area (Å²) in [4.78, 5) is 8.82. The molecule has 3 heterocycles. The van der Waals surface area contributed by atoms with E-state index >= 15 is 0 Å². The topological polar surface area (TPSA) is 64.3 Å². The van der Waals surface area contributed by atoms with Crippen molar-refractivity contribution in [2.24, 2.45) is 0 Å². The number of nitrogens with zero attached hydrogens (tertiary/aromatic N) is 4. The first-order chi connectivity index (χ1) is 12.7. The van der Waals surface area contributed by atoms with E-state index in [1.807, 2.05) is 30.5 Å². The predicted molar refractivity (Wildman–Crippen MR) is 103 cm³/mol. The Morgan fingerprint density at radius 1 is 1.04 bits per heavy atom. The zero-order valence-electron chi connectivity index (χ0n) is 13.6. The molecule has 8 heteroatoms. The highest BCUT2D eigenvalue weighted by Gasteiger charge is 2.13. The summed E-state index contributed by atoms with van der Waals surface area (Å²) in [6.07, 6.45) is 5.22. The van der Waals surface area contributed by atoms with Crippen molar-refractivity contribution in [2.75, 3.05) is 12.4 Å². The third-order valence-electron chi connectivity index (χ3n) is 3.83. The van der Waals surface area contributed by atoms with Crippen LogP contribution < -0.4 is 10.1 Å². The van der Waals surface area contributed by atoms with E-state index in [2.05, 4.69) is 20.4 Å². The predicted octanol–water partition coefficient (Wildman–Crippen LogP) is 4.85. The number of ether oxygens (including phenoxy) is 1. The Hall–Kier alpha value is -2.83. The molecule has 0 aliphatic heterocycles. The Kier molecular flexibility index (Phi) is 4.36. The summed E-state index contributed by atoms with van der Waals surface area (Å²) in [5.74, 6) is 1.21. The zero-order valence-corrected chi connectivity index (χ0v) is 15.2. The summed E-state index contributed by atoms with van der Waals surface area (Å²) in [6, 6.07) is 10.9. The third-order valence-corrected chi connectivity index (χ3v) is 4.65. The second-order valence-corrected chi connectivity index (χ2v) is 6.24. The minimum absolute atomic E-state index is 0.476. The molecule has 1 aromatic carbocycles. The van der Waals surface area contributed by atoms with Gasteiger partial charge in [0, 0.05) is 23.4 Å². The number of fused-ring (bicyclic) bond motifs is 1. The second kappa shape index (κ2) is 6.82. The summed E-state index contributed by atoms with van der Waals surface area (Å²) in [7, 11) is 1.58. The Morgan fingerprint density at radius 3 is 2.69 bits per heavy atom. The van der Waals surface area contributed by atoms with Gasteiger partial charge in [-0.2, -0.15) is 5.10 Å². The van der Waals surface area contributed by atoms with E-state index < -0.39 is 0 Å². The van der Waals surface area contributed by atoms with Crippen LogP contribution in [0.1, 0.15) is 0 Å². The van der Waals surface area contributed by atoms with E-state index in [4.69, 9.17) is 27.9 Å². The van der Waals surface area contributed by atoms with Crippen LogP contribution in [-0.4, -0.2) is 26.7 Å². The van der Waals surface area contributed by atoms with Crippen LogP contribution in [-0.2, 0) is 0 Å². The summed E-state index contributed by atoms with van der Waals surface area (Å²) < 4.78 is 6.75. The van der Waals surface area contributed by atoms with Gasteiger partial charge in [-0.05, 0) is 18.2 Å². The van der Waals surface area contributed by atoms with E-state index in [-0.39, 0.29) is 0 Å². The summed E-state index contributed by atoms with van der Waals surface area (Å²) >= 11 is 12.5. The number of pyridine rings is 1. The van der Waals surface area contributed by atoms with Gasteiger partial charge in [0.25, 0.3) is 0 Å². The van der Waals surface area contributed by atoms with E-state index in [1.54, 1.807) is 36.2 Å². The standard InChI is InChI=1S/C18H13Cl2N5O/c1-26-16-6-5-11(9-21-16)23-15-7-8-25-18(24-15)13(10-22-25)12-3-2-4-14(19)17(12)20/h2-10H,1H3,(H,23,24). The van der Waals surface area contributed by atoms with E-state index in [0.29, 0.717) is 27.4 Å². The molecule has 0 bridgehead atoms. The van der Waals surface area contributed by atoms with Gasteiger partial charge in [0.15, 0.2) is 5.65 Å². The van der Waals surface area contributed by atoms with Crippen molar-refractivity contribution in [2.45, 2.75) is 0 Å². The number of nitrogens with one attached hydrogen (secondary N) is 1. The van der Waals surface area contributed by atoms with Crippen LogP contribution in [0.25, 0.3) is 16.8 Å². The van der Waals surface area contributed by atoms with Crippen LogP contribution in [0.5, 0.6) is 5.88 Å². The lowest BCUT2D eigenvalue weighted by Gasteiger charge is -2.07. The number of benzene rings is 1. The number of rotatable bonds is 4.